The van der Waals surface area contributed by atoms with E-state index in [2.05, 4.69) is 5.10 Å². The molecule has 1 N–H and O–H groups in total. The molecule has 0 atom stereocenters. The van der Waals surface area contributed by atoms with Gasteiger partial charge in [0.15, 0.2) is 0 Å². The zero-order valence-corrected chi connectivity index (χ0v) is 13.9. The molecule has 0 saturated heterocycles. The summed E-state index contributed by atoms with van der Waals surface area (Å²) in [6.45, 7) is 1.84. The van der Waals surface area contributed by atoms with Gasteiger partial charge in [-0.25, -0.2) is 9.48 Å². The summed E-state index contributed by atoms with van der Waals surface area (Å²) in [4.78, 5) is 25.7. The molecule has 1 aromatic heterocycles. The van der Waals surface area contributed by atoms with Crippen molar-refractivity contribution in [2.45, 2.75) is 6.92 Å². The number of aromatic nitrogens is 2. The lowest BCUT2D eigenvalue weighted by atomic mass is 10.1. The van der Waals surface area contributed by atoms with Gasteiger partial charge in [0.1, 0.15) is 5.82 Å². The van der Waals surface area contributed by atoms with E-state index in [0.29, 0.717) is 5.82 Å². The average Bonchev–Trinajstić information content (AvgIpc) is 3.03. The highest BCUT2D eigenvalue weighted by Gasteiger charge is 2.23. The Balaban J connectivity index is 2.04. The highest BCUT2D eigenvalue weighted by atomic mass is 16.4. The summed E-state index contributed by atoms with van der Waals surface area (Å²) in [6.07, 6.45) is 0. The summed E-state index contributed by atoms with van der Waals surface area (Å²) in [5.74, 6) is -0.978. The minimum atomic E-state index is -1.13. The standard InChI is InChI=1S/C19H17N3O3/c1-13-12-17(22(20-13)14-8-4-3-5-9-14)21(2)18(23)15-10-6-7-11-16(15)19(24)25/h3-12H,1-2H3,(H,24,25). The number of nitrogens with zero attached hydrogens (tertiary/aromatic N) is 3. The molecule has 2 aromatic carbocycles. The van der Waals surface area contributed by atoms with Crippen molar-refractivity contribution in [1.29, 1.82) is 0 Å². The quantitative estimate of drug-likeness (QED) is 0.795. The molecule has 6 heteroatoms. The summed E-state index contributed by atoms with van der Waals surface area (Å²) in [6, 6.07) is 17.4. The van der Waals surface area contributed by atoms with E-state index in [0.717, 1.165) is 11.4 Å². The second-order valence-corrected chi connectivity index (χ2v) is 5.61. The molecule has 1 amide bonds. The van der Waals surface area contributed by atoms with Crippen molar-refractivity contribution in [3.8, 4) is 5.69 Å². The summed E-state index contributed by atoms with van der Waals surface area (Å²) in [7, 11) is 1.61. The van der Waals surface area contributed by atoms with E-state index in [-0.39, 0.29) is 11.1 Å². The number of aryl methyl sites for hydroxylation is 1. The third-order valence-corrected chi connectivity index (χ3v) is 3.85. The van der Waals surface area contributed by atoms with E-state index in [4.69, 9.17) is 0 Å². The maximum Gasteiger partial charge on any atom is 0.336 e. The molecule has 0 aliphatic carbocycles. The molecule has 3 rings (SSSR count). The van der Waals surface area contributed by atoms with E-state index in [1.165, 1.54) is 17.0 Å². The van der Waals surface area contributed by atoms with Crippen LogP contribution in [0.15, 0.2) is 60.7 Å². The molecule has 0 spiro atoms. The molecular weight excluding hydrogens is 318 g/mol. The van der Waals surface area contributed by atoms with Crippen molar-refractivity contribution in [2.24, 2.45) is 0 Å². The predicted octanol–water partition coefficient (Wildman–Crippen LogP) is 3.16. The first-order chi connectivity index (χ1) is 12.0. The topological polar surface area (TPSA) is 75.4 Å². The van der Waals surface area contributed by atoms with E-state index >= 15 is 0 Å². The Labute approximate surface area is 144 Å². The van der Waals surface area contributed by atoms with E-state index in [1.807, 2.05) is 37.3 Å². The molecule has 25 heavy (non-hydrogen) atoms. The lowest BCUT2D eigenvalue weighted by Crippen LogP contribution is -2.29. The maximum atomic E-state index is 12.9. The van der Waals surface area contributed by atoms with Crippen molar-refractivity contribution in [3.63, 3.8) is 0 Å². The largest absolute Gasteiger partial charge is 0.478 e. The fraction of sp³-hybridized carbons (Fsp3) is 0.105. The fourth-order valence-electron chi connectivity index (χ4n) is 2.62. The maximum absolute atomic E-state index is 12.9. The fourth-order valence-corrected chi connectivity index (χ4v) is 2.62. The molecular formula is C19H17N3O3. The monoisotopic (exact) mass is 335 g/mol. The molecule has 0 radical (unpaired) electrons. The van der Waals surface area contributed by atoms with Crippen LogP contribution in [0.4, 0.5) is 5.82 Å². The number of rotatable bonds is 4. The van der Waals surface area contributed by atoms with Crippen molar-refractivity contribution in [2.75, 3.05) is 11.9 Å². The molecule has 3 aromatic rings. The number of benzene rings is 2. The molecule has 0 bridgehead atoms. The first-order valence-electron chi connectivity index (χ1n) is 7.71. The Bertz CT molecular complexity index is 932. The minimum Gasteiger partial charge on any atom is -0.478 e. The Morgan fingerprint density at radius 3 is 2.24 bits per heavy atom. The molecule has 6 nitrogen and oxygen atoms in total. The van der Waals surface area contributed by atoms with Crippen LogP contribution in [-0.2, 0) is 0 Å². The van der Waals surface area contributed by atoms with Gasteiger partial charge in [-0.3, -0.25) is 9.69 Å². The van der Waals surface area contributed by atoms with Crippen molar-refractivity contribution in [1.82, 2.24) is 9.78 Å². The molecule has 0 aliphatic heterocycles. The van der Waals surface area contributed by atoms with Crippen LogP contribution in [-0.4, -0.2) is 33.8 Å². The van der Waals surface area contributed by atoms with Gasteiger partial charge in [-0.1, -0.05) is 30.3 Å². The van der Waals surface area contributed by atoms with Gasteiger partial charge in [0.2, 0.25) is 0 Å². The van der Waals surface area contributed by atoms with Crippen LogP contribution in [0.5, 0.6) is 0 Å². The lowest BCUT2D eigenvalue weighted by molar-refractivity contribution is 0.0692. The van der Waals surface area contributed by atoms with Gasteiger partial charge < -0.3 is 5.11 Å². The SMILES string of the molecule is Cc1cc(N(C)C(=O)c2ccccc2C(=O)O)n(-c2ccccc2)n1. The summed E-state index contributed by atoms with van der Waals surface area (Å²) >= 11 is 0. The van der Waals surface area contributed by atoms with Gasteiger partial charge in [0.05, 0.1) is 22.5 Å². The van der Waals surface area contributed by atoms with Gasteiger partial charge in [-0.15, -0.1) is 0 Å². The average molecular weight is 335 g/mol. The minimum absolute atomic E-state index is 0.0261. The molecule has 0 aliphatic rings. The van der Waals surface area contributed by atoms with Crippen LogP contribution in [0.1, 0.15) is 26.4 Å². The molecule has 0 unspecified atom stereocenters. The number of carboxylic acid groups (broad SMARTS) is 1. The highest BCUT2D eigenvalue weighted by Crippen LogP contribution is 2.22. The molecule has 0 fully saturated rings. The number of carbonyl (C=O) groups excluding carboxylic acids is 1. The number of hydrogen-bond donors (Lipinski definition) is 1. The number of carboxylic acids is 1. The van der Waals surface area contributed by atoms with Crippen LogP contribution in [0.25, 0.3) is 5.69 Å². The van der Waals surface area contributed by atoms with Crippen molar-refractivity contribution in [3.05, 3.63) is 77.5 Å². The van der Waals surface area contributed by atoms with E-state index in [1.54, 1.807) is 29.9 Å². The molecule has 126 valence electrons. The summed E-state index contributed by atoms with van der Waals surface area (Å²) in [5, 5.41) is 13.8. The van der Waals surface area contributed by atoms with Crippen molar-refractivity contribution >= 4 is 17.7 Å². The Morgan fingerprint density at radius 2 is 1.60 bits per heavy atom. The summed E-state index contributed by atoms with van der Waals surface area (Å²) in [5.41, 5.74) is 1.68. The zero-order chi connectivity index (χ0) is 18.0. The molecule has 1 heterocycles. The van der Waals surface area contributed by atoms with Gasteiger partial charge >= 0.3 is 5.97 Å². The first kappa shape index (κ1) is 16.4. The molecule has 0 saturated carbocycles. The van der Waals surface area contributed by atoms with Gasteiger partial charge in [0.25, 0.3) is 5.91 Å². The van der Waals surface area contributed by atoms with Crippen LogP contribution < -0.4 is 4.90 Å². The van der Waals surface area contributed by atoms with Gasteiger partial charge in [-0.05, 0) is 31.2 Å². The number of carbonyl (C=O) groups is 2. The summed E-state index contributed by atoms with van der Waals surface area (Å²) < 4.78 is 1.66. The van der Waals surface area contributed by atoms with Crippen LogP contribution in [0.3, 0.4) is 0 Å². The van der Waals surface area contributed by atoms with Crippen LogP contribution in [0.2, 0.25) is 0 Å². The predicted molar refractivity (Wildman–Crippen MR) is 94.4 cm³/mol. The Kier molecular flexibility index (Phi) is 4.35. The van der Waals surface area contributed by atoms with E-state index in [9.17, 15) is 14.7 Å². The first-order valence-corrected chi connectivity index (χ1v) is 7.71. The Hall–Kier alpha value is -3.41. The normalized spacial score (nSPS) is 10.5. The number of aromatic carboxylic acids is 1. The Morgan fingerprint density at radius 1 is 1.00 bits per heavy atom. The number of amides is 1. The van der Waals surface area contributed by atoms with E-state index < -0.39 is 11.9 Å². The number of hydrogen-bond acceptors (Lipinski definition) is 3. The zero-order valence-electron chi connectivity index (χ0n) is 13.9. The highest BCUT2D eigenvalue weighted by molar-refractivity contribution is 6.11. The third-order valence-electron chi connectivity index (χ3n) is 3.85. The second kappa shape index (κ2) is 6.60. The second-order valence-electron chi connectivity index (χ2n) is 5.61. The smallest absolute Gasteiger partial charge is 0.336 e. The number of para-hydroxylation sites is 1. The third kappa shape index (κ3) is 3.14. The van der Waals surface area contributed by atoms with Crippen LogP contribution in [0, 0.1) is 6.92 Å². The van der Waals surface area contributed by atoms with Gasteiger partial charge in [-0.2, -0.15) is 5.10 Å². The van der Waals surface area contributed by atoms with Crippen LogP contribution >= 0.6 is 0 Å². The van der Waals surface area contributed by atoms with Crippen molar-refractivity contribution < 1.29 is 14.7 Å². The number of anilines is 1. The lowest BCUT2D eigenvalue weighted by Gasteiger charge is -2.19. The van der Waals surface area contributed by atoms with Gasteiger partial charge in [0, 0.05) is 13.1 Å².